The normalized spacial score (nSPS) is 12.7. The van der Waals surface area contributed by atoms with Crippen LogP contribution in [-0.2, 0) is 13.5 Å². The quantitative estimate of drug-likeness (QED) is 0.883. The Morgan fingerprint density at radius 3 is 2.71 bits per heavy atom. The summed E-state index contributed by atoms with van der Waals surface area (Å²) in [5.74, 6) is -0.284. The van der Waals surface area contributed by atoms with E-state index in [-0.39, 0.29) is 12.2 Å². The minimum Gasteiger partial charge on any atom is -0.388 e. The molecule has 0 bridgehead atoms. The SMILES string of the molecule is Cc1c(C(O)Cc2ccccc2F)cnn1C. The Labute approximate surface area is 99.5 Å². The van der Waals surface area contributed by atoms with Crippen LogP contribution in [0.25, 0.3) is 0 Å². The van der Waals surface area contributed by atoms with Crippen LogP contribution >= 0.6 is 0 Å². The summed E-state index contributed by atoms with van der Waals surface area (Å²) in [5, 5.41) is 14.1. The summed E-state index contributed by atoms with van der Waals surface area (Å²) in [6.45, 7) is 1.88. The van der Waals surface area contributed by atoms with Gasteiger partial charge in [0, 0.05) is 24.7 Å². The molecule has 1 N–H and O–H groups in total. The summed E-state index contributed by atoms with van der Waals surface area (Å²) in [7, 11) is 1.81. The van der Waals surface area contributed by atoms with Crippen molar-refractivity contribution in [3.63, 3.8) is 0 Å². The number of benzene rings is 1. The number of rotatable bonds is 3. The van der Waals surface area contributed by atoms with E-state index in [9.17, 15) is 9.50 Å². The largest absolute Gasteiger partial charge is 0.388 e. The first kappa shape index (κ1) is 11.8. The third-order valence-corrected chi connectivity index (χ3v) is 3.00. The van der Waals surface area contributed by atoms with E-state index in [0.717, 1.165) is 11.3 Å². The fourth-order valence-electron chi connectivity index (χ4n) is 1.83. The number of aliphatic hydroxyl groups is 1. The summed E-state index contributed by atoms with van der Waals surface area (Å²) in [6, 6.07) is 6.49. The molecule has 1 aromatic carbocycles. The Balaban J connectivity index is 2.20. The molecule has 4 heteroatoms. The third-order valence-electron chi connectivity index (χ3n) is 3.00. The van der Waals surface area contributed by atoms with Gasteiger partial charge in [0.05, 0.1) is 12.3 Å². The zero-order valence-corrected chi connectivity index (χ0v) is 9.89. The van der Waals surface area contributed by atoms with Gasteiger partial charge in [0.15, 0.2) is 0 Å². The number of hydrogen-bond donors (Lipinski definition) is 1. The smallest absolute Gasteiger partial charge is 0.126 e. The van der Waals surface area contributed by atoms with E-state index in [2.05, 4.69) is 5.10 Å². The molecular formula is C13H15FN2O. The minimum atomic E-state index is -0.722. The first-order valence-electron chi connectivity index (χ1n) is 5.49. The monoisotopic (exact) mass is 234 g/mol. The number of aliphatic hydroxyl groups excluding tert-OH is 1. The van der Waals surface area contributed by atoms with E-state index in [1.54, 1.807) is 29.1 Å². The first-order valence-corrected chi connectivity index (χ1v) is 5.49. The van der Waals surface area contributed by atoms with Gasteiger partial charge in [-0.3, -0.25) is 4.68 Å². The maximum Gasteiger partial charge on any atom is 0.126 e. The van der Waals surface area contributed by atoms with Crippen molar-refractivity contribution in [1.82, 2.24) is 9.78 Å². The average molecular weight is 234 g/mol. The van der Waals surface area contributed by atoms with Crippen molar-refractivity contribution in [3.8, 4) is 0 Å². The van der Waals surface area contributed by atoms with Gasteiger partial charge in [-0.1, -0.05) is 18.2 Å². The predicted molar refractivity (Wildman–Crippen MR) is 63.0 cm³/mol. The predicted octanol–water partition coefficient (Wildman–Crippen LogP) is 2.14. The Kier molecular flexibility index (Phi) is 3.24. The van der Waals surface area contributed by atoms with Crippen molar-refractivity contribution in [2.75, 3.05) is 0 Å². The molecule has 0 spiro atoms. The molecule has 1 atom stereocenters. The molecule has 0 radical (unpaired) electrons. The lowest BCUT2D eigenvalue weighted by Gasteiger charge is -2.10. The number of aromatic nitrogens is 2. The fraction of sp³-hybridized carbons (Fsp3) is 0.308. The van der Waals surface area contributed by atoms with Gasteiger partial charge in [-0.25, -0.2) is 4.39 Å². The molecule has 0 aliphatic rings. The molecule has 1 unspecified atom stereocenters. The molecule has 0 aliphatic carbocycles. The summed E-state index contributed by atoms with van der Waals surface area (Å²) in [5.41, 5.74) is 2.16. The maximum atomic E-state index is 13.4. The van der Waals surface area contributed by atoms with Crippen LogP contribution in [0.15, 0.2) is 30.5 Å². The molecule has 0 aliphatic heterocycles. The Morgan fingerprint density at radius 2 is 2.12 bits per heavy atom. The highest BCUT2D eigenvalue weighted by Gasteiger charge is 2.15. The van der Waals surface area contributed by atoms with Gasteiger partial charge in [-0.15, -0.1) is 0 Å². The number of aryl methyl sites for hydroxylation is 1. The van der Waals surface area contributed by atoms with E-state index < -0.39 is 6.10 Å². The van der Waals surface area contributed by atoms with Gasteiger partial charge in [0.25, 0.3) is 0 Å². The molecule has 0 saturated carbocycles. The van der Waals surface area contributed by atoms with Gasteiger partial charge in [-0.05, 0) is 18.6 Å². The molecule has 90 valence electrons. The molecule has 17 heavy (non-hydrogen) atoms. The van der Waals surface area contributed by atoms with Gasteiger partial charge in [0.2, 0.25) is 0 Å². The second-order valence-electron chi connectivity index (χ2n) is 4.12. The Morgan fingerprint density at radius 1 is 1.41 bits per heavy atom. The maximum absolute atomic E-state index is 13.4. The van der Waals surface area contributed by atoms with Crippen LogP contribution in [-0.4, -0.2) is 14.9 Å². The van der Waals surface area contributed by atoms with Crippen molar-refractivity contribution < 1.29 is 9.50 Å². The third kappa shape index (κ3) is 2.36. The second kappa shape index (κ2) is 4.67. The highest BCUT2D eigenvalue weighted by Crippen LogP contribution is 2.22. The fourth-order valence-corrected chi connectivity index (χ4v) is 1.83. The zero-order valence-electron chi connectivity index (χ0n) is 9.89. The van der Waals surface area contributed by atoms with Crippen LogP contribution in [0.2, 0.25) is 0 Å². The Hall–Kier alpha value is -1.68. The molecule has 0 amide bonds. The highest BCUT2D eigenvalue weighted by molar-refractivity contribution is 5.24. The van der Waals surface area contributed by atoms with Crippen LogP contribution in [0.3, 0.4) is 0 Å². The molecule has 1 aromatic heterocycles. The van der Waals surface area contributed by atoms with E-state index >= 15 is 0 Å². The van der Waals surface area contributed by atoms with Crippen LogP contribution in [0.1, 0.15) is 22.9 Å². The van der Waals surface area contributed by atoms with Gasteiger partial charge < -0.3 is 5.11 Å². The van der Waals surface area contributed by atoms with Crippen molar-refractivity contribution in [2.45, 2.75) is 19.4 Å². The minimum absolute atomic E-state index is 0.263. The van der Waals surface area contributed by atoms with Gasteiger partial charge in [-0.2, -0.15) is 5.10 Å². The molecule has 0 fully saturated rings. The highest BCUT2D eigenvalue weighted by atomic mass is 19.1. The van der Waals surface area contributed by atoms with E-state index in [0.29, 0.717) is 5.56 Å². The summed E-state index contributed by atoms with van der Waals surface area (Å²) in [6.07, 6.45) is 1.17. The van der Waals surface area contributed by atoms with Crippen LogP contribution in [0.5, 0.6) is 0 Å². The lowest BCUT2D eigenvalue weighted by Crippen LogP contribution is -2.05. The van der Waals surface area contributed by atoms with E-state index in [4.69, 9.17) is 0 Å². The summed E-state index contributed by atoms with van der Waals surface area (Å²) >= 11 is 0. The molecule has 0 saturated heterocycles. The molecule has 3 nitrogen and oxygen atoms in total. The number of halogens is 1. The number of hydrogen-bond acceptors (Lipinski definition) is 2. The van der Waals surface area contributed by atoms with Crippen LogP contribution < -0.4 is 0 Å². The lowest BCUT2D eigenvalue weighted by atomic mass is 10.0. The topological polar surface area (TPSA) is 38.1 Å². The van der Waals surface area contributed by atoms with Crippen LogP contribution in [0, 0.1) is 12.7 Å². The number of nitrogens with zero attached hydrogens (tertiary/aromatic N) is 2. The molecule has 1 heterocycles. The zero-order chi connectivity index (χ0) is 12.4. The second-order valence-corrected chi connectivity index (χ2v) is 4.12. The van der Waals surface area contributed by atoms with Gasteiger partial charge in [0.1, 0.15) is 5.82 Å². The molecule has 2 aromatic rings. The lowest BCUT2D eigenvalue weighted by molar-refractivity contribution is 0.176. The summed E-state index contributed by atoms with van der Waals surface area (Å²) in [4.78, 5) is 0. The standard InChI is InChI=1S/C13H15FN2O/c1-9-11(8-15-16(9)2)13(17)7-10-5-3-4-6-12(10)14/h3-6,8,13,17H,7H2,1-2H3. The van der Waals surface area contributed by atoms with Crippen molar-refractivity contribution in [1.29, 1.82) is 0 Å². The van der Waals surface area contributed by atoms with Crippen molar-refractivity contribution in [3.05, 3.63) is 53.1 Å². The summed E-state index contributed by atoms with van der Waals surface area (Å²) < 4.78 is 15.1. The van der Waals surface area contributed by atoms with Gasteiger partial charge >= 0.3 is 0 Å². The van der Waals surface area contributed by atoms with Crippen LogP contribution in [0.4, 0.5) is 4.39 Å². The van der Waals surface area contributed by atoms with Crippen molar-refractivity contribution in [2.24, 2.45) is 7.05 Å². The molecule has 2 rings (SSSR count). The van der Waals surface area contributed by atoms with E-state index in [1.165, 1.54) is 6.07 Å². The molecular weight excluding hydrogens is 219 g/mol. The van der Waals surface area contributed by atoms with E-state index in [1.807, 2.05) is 14.0 Å². The average Bonchev–Trinajstić information content (AvgIpc) is 2.63. The first-order chi connectivity index (χ1) is 8.09. The van der Waals surface area contributed by atoms with Crippen molar-refractivity contribution >= 4 is 0 Å². The Bertz CT molecular complexity index is 522.